The Kier molecular flexibility index (Phi) is 6.29. The third-order valence-corrected chi connectivity index (χ3v) is 6.72. The number of hydrogen-bond acceptors (Lipinski definition) is 6. The highest BCUT2D eigenvalue weighted by atomic mass is 32.2. The van der Waals surface area contributed by atoms with E-state index in [0.717, 1.165) is 9.82 Å². The summed E-state index contributed by atoms with van der Waals surface area (Å²) in [6.07, 6.45) is -4.74. The zero-order valence-corrected chi connectivity index (χ0v) is 16.7. The summed E-state index contributed by atoms with van der Waals surface area (Å²) in [5.41, 5.74) is 0.590. The molecule has 0 spiro atoms. The minimum atomic E-state index is -4.74. The predicted octanol–water partition coefficient (Wildman–Crippen LogP) is 3.09. The number of amides is 1. The lowest BCUT2D eigenvalue weighted by Crippen LogP contribution is -2.50. The van der Waals surface area contributed by atoms with Crippen LogP contribution in [0.4, 0.5) is 33.3 Å². The van der Waals surface area contributed by atoms with Gasteiger partial charge in [-0.25, -0.2) is 13.4 Å². The Morgan fingerprint density at radius 2 is 1.70 bits per heavy atom. The molecule has 1 saturated heterocycles. The van der Waals surface area contributed by atoms with Crippen LogP contribution in [0.1, 0.15) is 15.4 Å². The molecule has 1 aliphatic rings. The van der Waals surface area contributed by atoms with E-state index in [-0.39, 0.29) is 31.9 Å². The zero-order chi connectivity index (χ0) is 22.1. The van der Waals surface area contributed by atoms with Gasteiger partial charge in [-0.3, -0.25) is 4.79 Å². The summed E-state index contributed by atoms with van der Waals surface area (Å²) in [7, 11) is -4.62. The smallest absolute Gasteiger partial charge is 0.369 e. The maximum Gasteiger partial charge on any atom is 0.434 e. The van der Waals surface area contributed by atoms with Gasteiger partial charge in [-0.1, -0.05) is 0 Å². The molecule has 1 aromatic carbocycles. The number of benzene rings is 1. The molecule has 0 radical (unpaired) electrons. The monoisotopic (exact) mass is 470 g/mol. The lowest BCUT2D eigenvalue weighted by molar-refractivity contribution is -0.141. The number of rotatable bonds is 5. The summed E-state index contributed by atoms with van der Waals surface area (Å²) < 4.78 is 87.5. The minimum Gasteiger partial charge on any atom is -0.369 e. The molecule has 2 aromatic rings. The number of carbonyl (C=O) groups excluding carboxylic acids is 1. The van der Waals surface area contributed by atoms with E-state index in [2.05, 4.69) is 10.3 Å². The van der Waals surface area contributed by atoms with E-state index in [1.807, 2.05) is 0 Å². The van der Waals surface area contributed by atoms with Crippen molar-refractivity contribution in [1.29, 1.82) is 0 Å². The Balaban J connectivity index is 1.63. The molecule has 0 saturated carbocycles. The molecule has 0 unspecified atom stereocenters. The van der Waals surface area contributed by atoms with Crippen LogP contribution in [0, 0.1) is 0 Å². The van der Waals surface area contributed by atoms with Crippen molar-refractivity contribution in [3.63, 3.8) is 0 Å². The van der Waals surface area contributed by atoms with Crippen LogP contribution >= 0.6 is 11.3 Å². The summed E-state index contributed by atoms with van der Waals surface area (Å²) in [6.45, 7) is 0.175. The molecule has 3 rings (SSSR count). The molecular weight excluding hydrogens is 455 g/mol. The van der Waals surface area contributed by atoms with Crippen LogP contribution in [-0.4, -0.2) is 55.6 Å². The summed E-state index contributed by atoms with van der Waals surface area (Å²) in [5, 5.41) is 2.37. The average Bonchev–Trinajstić information content (AvgIpc) is 3.19. The number of piperazine rings is 1. The van der Waals surface area contributed by atoms with Gasteiger partial charge in [0, 0.05) is 37.6 Å². The highest BCUT2D eigenvalue weighted by molar-refractivity contribution is 7.89. The van der Waals surface area contributed by atoms with Gasteiger partial charge in [0.2, 0.25) is 0 Å². The van der Waals surface area contributed by atoms with Crippen LogP contribution < -0.4 is 10.2 Å². The van der Waals surface area contributed by atoms with Gasteiger partial charge in [0.1, 0.15) is 4.88 Å². The van der Waals surface area contributed by atoms with Gasteiger partial charge in [-0.15, -0.1) is 11.3 Å². The summed E-state index contributed by atoms with van der Waals surface area (Å²) >= 11 is 0.575. The molecule has 30 heavy (non-hydrogen) atoms. The van der Waals surface area contributed by atoms with E-state index in [1.165, 1.54) is 12.1 Å². The standard InChI is InChI=1S/C16H15F5N4O3S2/c17-15(18)30(27,28)25-7-5-24(6-8-25)11-3-1-10(2-4-11)23-14(26)12-13(16(19,20)21)22-9-29-12/h1-4,9,15H,5-8H2,(H,23,26). The molecule has 7 nitrogen and oxygen atoms in total. The highest BCUT2D eigenvalue weighted by Gasteiger charge is 2.38. The lowest BCUT2D eigenvalue weighted by Gasteiger charge is -2.35. The van der Waals surface area contributed by atoms with Gasteiger partial charge in [0.25, 0.3) is 15.9 Å². The van der Waals surface area contributed by atoms with Crippen LogP contribution in [0.15, 0.2) is 29.8 Å². The van der Waals surface area contributed by atoms with Gasteiger partial charge < -0.3 is 10.2 Å². The van der Waals surface area contributed by atoms with E-state index in [1.54, 1.807) is 17.0 Å². The van der Waals surface area contributed by atoms with Gasteiger partial charge in [-0.2, -0.15) is 26.3 Å². The number of aromatic nitrogens is 1. The van der Waals surface area contributed by atoms with E-state index >= 15 is 0 Å². The number of alkyl halides is 5. The Bertz CT molecular complexity index is 1000. The van der Waals surface area contributed by atoms with Gasteiger partial charge in [-0.05, 0) is 24.3 Å². The molecule has 1 aliphatic heterocycles. The predicted molar refractivity (Wildman–Crippen MR) is 100 cm³/mol. The number of halogens is 5. The SMILES string of the molecule is O=C(Nc1ccc(N2CCN(S(=O)(=O)C(F)F)CC2)cc1)c1scnc1C(F)(F)F. The number of anilines is 2. The van der Waals surface area contributed by atoms with Crippen LogP contribution in [0.2, 0.25) is 0 Å². The van der Waals surface area contributed by atoms with Crippen LogP contribution in [-0.2, 0) is 16.2 Å². The third kappa shape index (κ3) is 4.70. The molecule has 164 valence electrons. The molecule has 2 heterocycles. The number of sulfonamides is 1. The van der Waals surface area contributed by atoms with Crippen molar-refractivity contribution in [3.05, 3.63) is 40.3 Å². The van der Waals surface area contributed by atoms with Gasteiger partial charge in [0.15, 0.2) is 5.69 Å². The summed E-state index contributed by atoms with van der Waals surface area (Å²) in [5.74, 6) is -4.41. The first-order valence-corrected chi connectivity index (χ1v) is 10.8. The molecule has 1 aromatic heterocycles. The Morgan fingerprint density at radius 1 is 1.10 bits per heavy atom. The van der Waals surface area contributed by atoms with Crippen LogP contribution in [0.3, 0.4) is 0 Å². The first-order valence-electron chi connectivity index (χ1n) is 8.44. The fourth-order valence-corrected chi connectivity index (χ4v) is 4.47. The van der Waals surface area contributed by atoms with E-state index in [4.69, 9.17) is 0 Å². The maximum atomic E-state index is 12.9. The van der Waals surface area contributed by atoms with E-state index in [0.29, 0.717) is 17.0 Å². The first-order chi connectivity index (χ1) is 14.0. The van der Waals surface area contributed by atoms with Crippen molar-refractivity contribution in [2.45, 2.75) is 11.9 Å². The largest absolute Gasteiger partial charge is 0.434 e. The van der Waals surface area contributed by atoms with Crippen molar-refractivity contribution in [1.82, 2.24) is 9.29 Å². The maximum absolute atomic E-state index is 12.9. The van der Waals surface area contributed by atoms with Crippen LogP contribution in [0.5, 0.6) is 0 Å². The van der Waals surface area contributed by atoms with E-state index in [9.17, 15) is 35.2 Å². The molecule has 1 amide bonds. The average molecular weight is 470 g/mol. The topological polar surface area (TPSA) is 82.6 Å². The minimum absolute atomic E-state index is 0.100. The fraction of sp³-hybridized carbons (Fsp3) is 0.375. The molecule has 1 N–H and O–H groups in total. The molecule has 0 aliphatic carbocycles. The third-order valence-electron chi connectivity index (χ3n) is 4.36. The second-order valence-electron chi connectivity index (χ2n) is 6.22. The Morgan fingerprint density at radius 3 is 2.23 bits per heavy atom. The molecule has 1 fully saturated rings. The number of nitrogens with zero attached hydrogens (tertiary/aromatic N) is 3. The number of hydrogen-bond donors (Lipinski definition) is 1. The van der Waals surface area contributed by atoms with Gasteiger partial charge in [0.05, 0.1) is 5.51 Å². The van der Waals surface area contributed by atoms with E-state index < -0.39 is 38.4 Å². The number of carbonyl (C=O) groups is 1. The molecule has 0 bridgehead atoms. The Labute approximate surface area is 172 Å². The van der Waals surface area contributed by atoms with Gasteiger partial charge >= 0.3 is 11.9 Å². The quantitative estimate of drug-likeness (QED) is 0.680. The highest BCUT2D eigenvalue weighted by Crippen LogP contribution is 2.33. The van der Waals surface area contributed by atoms with Crippen molar-refractivity contribution in [3.8, 4) is 0 Å². The molecule has 0 atom stereocenters. The van der Waals surface area contributed by atoms with Crippen molar-refractivity contribution in [2.24, 2.45) is 0 Å². The second-order valence-corrected chi connectivity index (χ2v) is 8.98. The molecule has 14 heteroatoms. The number of thiazole rings is 1. The van der Waals surface area contributed by atoms with Crippen LogP contribution in [0.25, 0.3) is 0 Å². The summed E-state index contributed by atoms with van der Waals surface area (Å²) in [4.78, 5) is 16.6. The normalized spacial score (nSPS) is 16.1. The van der Waals surface area contributed by atoms with Crippen molar-refractivity contribution in [2.75, 3.05) is 36.4 Å². The summed E-state index contributed by atoms with van der Waals surface area (Å²) in [6, 6.07) is 6.13. The zero-order valence-electron chi connectivity index (χ0n) is 15.1. The molecular formula is C16H15F5N4O3S2. The number of nitrogens with one attached hydrogen (secondary N) is 1. The fourth-order valence-electron chi connectivity index (χ4n) is 2.87. The lowest BCUT2D eigenvalue weighted by atomic mass is 10.2. The first kappa shape index (κ1) is 22.4. The van der Waals surface area contributed by atoms with Crippen molar-refractivity contribution < 1.29 is 35.2 Å². The van der Waals surface area contributed by atoms with Crippen molar-refractivity contribution >= 4 is 38.6 Å². The Hall–Kier alpha value is -2.32. The second kappa shape index (κ2) is 8.43.